The molecule has 0 aliphatic carbocycles. The van der Waals surface area contributed by atoms with Gasteiger partial charge in [0.2, 0.25) is 5.91 Å². The average Bonchev–Trinajstić information content (AvgIpc) is 2.37. The van der Waals surface area contributed by atoms with E-state index in [1.807, 2.05) is 11.8 Å². The zero-order chi connectivity index (χ0) is 13.4. The molecule has 104 valence electrons. The van der Waals surface area contributed by atoms with Crippen LogP contribution in [0.25, 0.3) is 0 Å². The number of ether oxygens (including phenoxy) is 1. The number of carbonyl (C=O) groups excluding carboxylic acids is 1. The van der Waals surface area contributed by atoms with Crippen molar-refractivity contribution in [3.63, 3.8) is 0 Å². The van der Waals surface area contributed by atoms with Gasteiger partial charge in [0, 0.05) is 26.1 Å². The first-order valence-electron chi connectivity index (χ1n) is 6.70. The Hall–Kier alpha value is -1.10. The van der Waals surface area contributed by atoms with E-state index in [4.69, 9.17) is 9.84 Å². The summed E-state index contributed by atoms with van der Waals surface area (Å²) in [4.78, 5) is 24.3. The highest BCUT2D eigenvalue weighted by Gasteiger charge is 2.23. The van der Waals surface area contributed by atoms with Crippen molar-refractivity contribution in [2.45, 2.75) is 39.0 Å². The second-order valence-electron chi connectivity index (χ2n) is 4.73. The van der Waals surface area contributed by atoms with Gasteiger partial charge in [-0.2, -0.15) is 0 Å². The average molecular weight is 257 g/mol. The number of hydrogen-bond acceptors (Lipinski definition) is 3. The predicted molar refractivity (Wildman–Crippen MR) is 67.3 cm³/mol. The lowest BCUT2D eigenvalue weighted by atomic mass is 9.93. The van der Waals surface area contributed by atoms with Gasteiger partial charge >= 0.3 is 5.97 Å². The fraction of sp³-hybridized carbons (Fsp3) is 0.846. The second-order valence-corrected chi connectivity index (χ2v) is 4.73. The summed E-state index contributed by atoms with van der Waals surface area (Å²) < 4.78 is 5.18. The molecule has 1 atom stereocenters. The van der Waals surface area contributed by atoms with E-state index in [2.05, 4.69) is 0 Å². The molecule has 1 aliphatic rings. The summed E-state index contributed by atoms with van der Waals surface area (Å²) in [7, 11) is 0. The third-order valence-corrected chi connectivity index (χ3v) is 3.30. The van der Waals surface area contributed by atoms with Crippen molar-refractivity contribution >= 4 is 11.9 Å². The third kappa shape index (κ3) is 5.49. The summed E-state index contributed by atoms with van der Waals surface area (Å²) in [6.45, 7) is 4.53. The molecule has 0 spiro atoms. The SMILES string of the molecule is CCOCCC(=O)N1CCC[C@H](CCC(=O)O)C1. The molecule has 0 aromatic heterocycles. The first kappa shape index (κ1) is 15.0. The Bertz CT molecular complexity index is 280. The lowest BCUT2D eigenvalue weighted by Crippen LogP contribution is -2.40. The van der Waals surface area contributed by atoms with Crippen molar-refractivity contribution < 1.29 is 19.4 Å². The third-order valence-electron chi connectivity index (χ3n) is 3.30. The number of piperidine rings is 1. The Morgan fingerprint density at radius 1 is 1.39 bits per heavy atom. The molecule has 18 heavy (non-hydrogen) atoms. The zero-order valence-electron chi connectivity index (χ0n) is 11.1. The van der Waals surface area contributed by atoms with Gasteiger partial charge in [0.05, 0.1) is 13.0 Å². The molecule has 0 saturated carbocycles. The predicted octanol–water partition coefficient (Wildman–Crippen LogP) is 1.52. The topological polar surface area (TPSA) is 66.8 Å². The summed E-state index contributed by atoms with van der Waals surface area (Å²) in [5, 5.41) is 8.67. The Labute approximate surface area is 108 Å². The van der Waals surface area contributed by atoms with Gasteiger partial charge in [0.25, 0.3) is 0 Å². The molecular formula is C13H23NO4. The lowest BCUT2D eigenvalue weighted by Gasteiger charge is -2.32. The van der Waals surface area contributed by atoms with Gasteiger partial charge < -0.3 is 14.7 Å². The fourth-order valence-electron chi connectivity index (χ4n) is 2.32. The zero-order valence-corrected chi connectivity index (χ0v) is 11.1. The van der Waals surface area contributed by atoms with Crippen molar-refractivity contribution in [1.29, 1.82) is 0 Å². The van der Waals surface area contributed by atoms with Gasteiger partial charge in [-0.15, -0.1) is 0 Å². The van der Waals surface area contributed by atoms with Crippen LogP contribution < -0.4 is 0 Å². The number of aliphatic carboxylic acids is 1. The van der Waals surface area contributed by atoms with Crippen molar-refractivity contribution in [2.24, 2.45) is 5.92 Å². The number of carbonyl (C=O) groups is 2. The molecule has 5 heteroatoms. The summed E-state index contributed by atoms with van der Waals surface area (Å²) in [5.41, 5.74) is 0. The van der Waals surface area contributed by atoms with Crippen molar-refractivity contribution in [3.8, 4) is 0 Å². The van der Waals surface area contributed by atoms with Crippen LogP contribution in [0.1, 0.15) is 39.0 Å². The van der Waals surface area contributed by atoms with Gasteiger partial charge in [0.15, 0.2) is 0 Å². The van der Waals surface area contributed by atoms with E-state index >= 15 is 0 Å². The van der Waals surface area contributed by atoms with E-state index in [0.29, 0.717) is 38.5 Å². The number of amides is 1. The molecule has 1 saturated heterocycles. The van der Waals surface area contributed by atoms with E-state index in [0.717, 1.165) is 19.4 Å². The fourth-order valence-corrected chi connectivity index (χ4v) is 2.32. The van der Waals surface area contributed by atoms with Gasteiger partial charge in [0.1, 0.15) is 0 Å². The molecule has 1 heterocycles. The molecule has 5 nitrogen and oxygen atoms in total. The molecule has 0 aromatic carbocycles. The minimum Gasteiger partial charge on any atom is -0.481 e. The molecule has 0 aromatic rings. The quantitative estimate of drug-likeness (QED) is 0.702. The van der Waals surface area contributed by atoms with Crippen LogP contribution in [-0.4, -0.2) is 48.2 Å². The van der Waals surface area contributed by atoms with Crippen LogP contribution in [0.5, 0.6) is 0 Å². The van der Waals surface area contributed by atoms with Crippen molar-refractivity contribution in [3.05, 3.63) is 0 Å². The monoisotopic (exact) mass is 257 g/mol. The second kappa shape index (κ2) is 8.08. The molecule has 1 N–H and O–H groups in total. The molecular weight excluding hydrogens is 234 g/mol. The maximum atomic E-state index is 11.9. The Morgan fingerprint density at radius 3 is 2.83 bits per heavy atom. The standard InChI is InChI=1S/C13H23NO4/c1-2-18-9-7-12(15)14-8-3-4-11(10-14)5-6-13(16)17/h11H,2-10H2,1H3,(H,16,17)/t11-/m1/s1. The molecule has 1 fully saturated rings. The van der Waals surface area contributed by atoms with Gasteiger partial charge in [-0.1, -0.05) is 0 Å². The van der Waals surface area contributed by atoms with Crippen molar-refractivity contribution in [1.82, 2.24) is 4.90 Å². The number of carboxylic acids is 1. The van der Waals surface area contributed by atoms with Crippen LogP contribution in [-0.2, 0) is 14.3 Å². The molecule has 0 radical (unpaired) electrons. The van der Waals surface area contributed by atoms with Crippen LogP contribution in [0.2, 0.25) is 0 Å². The summed E-state index contributed by atoms with van der Waals surface area (Å²) in [6, 6.07) is 0. The number of nitrogens with zero attached hydrogens (tertiary/aromatic N) is 1. The largest absolute Gasteiger partial charge is 0.481 e. The van der Waals surface area contributed by atoms with Crippen LogP contribution in [0.3, 0.4) is 0 Å². The molecule has 1 rings (SSSR count). The minimum absolute atomic E-state index is 0.128. The number of carboxylic acid groups (broad SMARTS) is 1. The highest BCUT2D eigenvalue weighted by Crippen LogP contribution is 2.21. The van der Waals surface area contributed by atoms with E-state index in [1.165, 1.54) is 0 Å². The summed E-state index contributed by atoms with van der Waals surface area (Å²) >= 11 is 0. The highest BCUT2D eigenvalue weighted by atomic mass is 16.5. The summed E-state index contributed by atoms with van der Waals surface area (Å²) in [6.07, 6.45) is 3.31. The first-order chi connectivity index (χ1) is 8.63. The normalized spacial score (nSPS) is 19.8. The molecule has 1 amide bonds. The summed E-state index contributed by atoms with van der Waals surface area (Å²) in [5.74, 6) is -0.288. The Morgan fingerprint density at radius 2 is 2.17 bits per heavy atom. The molecule has 0 bridgehead atoms. The Kier molecular flexibility index (Phi) is 6.72. The number of rotatable bonds is 7. The van der Waals surface area contributed by atoms with E-state index in [9.17, 15) is 9.59 Å². The molecule has 0 unspecified atom stereocenters. The van der Waals surface area contributed by atoms with Gasteiger partial charge in [-0.25, -0.2) is 0 Å². The van der Waals surface area contributed by atoms with Gasteiger partial charge in [-0.3, -0.25) is 9.59 Å². The Balaban J connectivity index is 2.28. The van der Waals surface area contributed by atoms with E-state index in [1.54, 1.807) is 0 Å². The smallest absolute Gasteiger partial charge is 0.303 e. The van der Waals surface area contributed by atoms with Crippen LogP contribution >= 0.6 is 0 Å². The van der Waals surface area contributed by atoms with Gasteiger partial charge in [-0.05, 0) is 32.1 Å². The maximum Gasteiger partial charge on any atom is 0.303 e. The van der Waals surface area contributed by atoms with E-state index in [-0.39, 0.29) is 12.3 Å². The molecule has 1 aliphatic heterocycles. The van der Waals surface area contributed by atoms with Crippen LogP contribution in [0.15, 0.2) is 0 Å². The van der Waals surface area contributed by atoms with Crippen LogP contribution in [0.4, 0.5) is 0 Å². The number of hydrogen-bond donors (Lipinski definition) is 1. The maximum absolute atomic E-state index is 11.9. The van der Waals surface area contributed by atoms with E-state index < -0.39 is 5.97 Å². The minimum atomic E-state index is -0.755. The lowest BCUT2D eigenvalue weighted by molar-refractivity contribution is -0.137. The number of likely N-dealkylation sites (tertiary alicyclic amines) is 1. The van der Waals surface area contributed by atoms with Crippen LogP contribution in [0, 0.1) is 5.92 Å². The first-order valence-corrected chi connectivity index (χ1v) is 6.70. The highest BCUT2D eigenvalue weighted by molar-refractivity contribution is 5.76. The van der Waals surface area contributed by atoms with Crippen molar-refractivity contribution in [2.75, 3.05) is 26.3 Å².